The van der Waals surface area contributed by atoms with Gasteiger partial charge < -0.3 is 4.74 Å². The lowest BCUT2D eigenvalue weighted by atomic mass is 9.85. The van der Waals surface area contributed by atoms with E-state index in [0.29, 0.717) is 6.54 Å². The fourth-order valence-electron chi connectivity index (χ4n) is 4.06. The van der Waals surface area contributed by atoms with Crippen molar-refractivity contribution in [3.8, 4) is 0 Å². The molecule has 0 aromatic heterocycles. The maximum Gasteiger partial charge on any atom is 0.410 e. The van der Waals surface area contributed by atoms with Gasteiger partial charge in [0.1, 0.15) is 5.82 Å². The molecule has 122 valence electrons. The molecule has 0 spiro atoms. The summed E-state index contributed by atoms with van der Waals surface area (Å²) in [5.74, 6) is -0.330. The summed E-state index contributed by atoms with van der Waals surface area (Å²) in [6.07, 6.45) is 0.319. The van der Waals surface area contributed by atoms with Gasteiger partial charge in [0.05, 0.1) is 13.2 Å². The number of rotatable bonds is 0. The topological polar surface area (TPSA) is 29.5 Å². The van der Waals surface area contributed by atoms with E-state index in [9.17, 15) is 9.18 Å². The van der Waals surface area contributed by atoms with Gasteiger partial charge in [-0.1, -0.05) is 36.9 Å². The number of benzene rings is 2. The molecule has 0 saturated carbocycles. The lowest BCUT2D eigenvalue weighted by Crippen LogP contribution is -2.31. The highest BCUT2D eigenvalue weighted by molar-refractivity contribution is 5.71. The van der Waals surface area contributed by atoms with Crippen molar-refractivity contribution in [2.45, 2.75) is 18.4 Å². The number of nitrogens with zero attached hydrogens (tertiary/aromatic N) is 1. The Morgan fingerprint density at radius 2 is 1.96 bits per heavy atom. The number of likely N-dealkylation sites (tertiary alicyclic amines) is 1. The van der Waals surface area contributed by atoms with Crippen LogP contribution in [0.4, 0.5) is 9.18 Å². The predicted octanol–water partition coefficient (Wildman–Crippen LogP) is 4.19. The molecule has 2 aromatic rings. The molecule has 24 heavy (non-hydrogen) atoms. The zero-order valence-corrected chi connectivity index (χ0v) is 13.5. The minimum atomic E-state index is -0.404. The van der Waals surface area contributed by atoms with Crippen molar-refractivity contribution in [2.24, 2.45) is 0 Å². The van der Waals surface area contributed by atoms with Crippen molar-refractivity contribution < 1.29 is 13.9 Å². The van der Waals surface area contributed by atoms with Crippen molar-refractivity contribution in [3.63, 3.8) is 0 Å². The molecule has 2 aliphatic rings. The fourth-order valence-corrected chi connectivity index (χ4v) is 4.06. The molecule has 2 atom stereocenters. The van der Waals surface area contributed by atoms with E-state index in [1.165, 1.54) is 18.7 Å². The Bertz CT molecular complexity index is 845. The van der Waals surface area contributed by atoms with E-state index >= 15 is 0 Å². The Morgan fingerprint density at radius 1 is 1.21 bits per heavy atom. The van der Waals surface area contributed by atoms with Crippen LogP contribution in [0.5, 0.6) is 0 Å². The Balaban J connectivity index is 1.97. The lowest BCUT2D eigenvalue weighted by Gasteiger charge is -2.27. The Hall–Kier alpha value is -2.62. The number of hydrogen-bond acceptors (Lipinski definition) is 2. The maximum absolute atomic E-state index is 14.0. The Labute approximate surface area is 140 Å². The van der Waals surface area contributed by atoms with Gasteiger partial charge in [-0.05, 0) is 46.4 Å². The van der Waals surface area contributed by atoms with E-state index in [4.69, 9.17) is 4.74 Å². The summed E-state index contributed by atoms with van der Waals surface area (Å²) in [7, 11) is 1.37. The van der Waals surface area contributed by atoms with Gasteiger partial charge in [0.15, 0.2) is 0 Å². The van der Waals surface area contributed by atoms with Gasteiger partial charge in [0.25, 0.3) is 0 Å². The molecule has 4 heteroatoms. The first-order chi connectivity index (χ1) is 11.6. The largest absolute Gasteiger partial charge is 0.453 e. The zero-order chi connectivity index (χ0) is 16.8. The average molecular weight is 323 g/mol. The molecule has 2 aromatic carbocycles. The van der Waals surface area contributed by atoms with Crippen LogP contribution in [-0.2, 0) is 11.2 Å². The second kappa shape index (κ2) is 5.48. The summed E-state index contributed by atoms with van der Waals surface area (Å²) >= 11 is 0. The SMILES string of the molecule is C=C1CN(C(=O)OC)[C@@H]2c3cc(F)ccc3Cc3ccccc3C12. The first kappa shape index (κ1) is 14.9. The third-order valence-corrected chi connectivity index (χ3v) is 5.07. The van der Waals surface area contributed by atoms with E-state index in [-0.39, 0.29) is 17.8 Å². The smallest absolute Gasteiger partial charge is 0.410 e. The van der Waals surface area contributed by atoms with Crippen LogP contribution in [0.3, 0.4) is 0 Å². The third-order valence-electron chi connectivity index (χ3n) is 5.07. The summed E-state index contributed by atoms with van der Waals surface area (Å²) in [6, 6.07) is 12.8. The van der Waals surface area contributed by atoms with Crippen LogP contribution in [0.15, 0.2) is 54.6 Å². The minimum Gasteiger partial charge on any atom is -0.453 e. The van der Waals surface area contributed by atoms with E-state index in [0.717, 1.165) is 28.7 Å². The van der Waals surface area contributed by atoms with Crippen LogP contribution < -0.4 is 0 Å². The average Bonchev–Trinajstić information content (AvgIpc) is 2.85. The number of methoxy groups -OCH3 is 1. The molecule has 0 radical (unpaired) electrons. The Kier molecular flexibility index (Phi) is 3.41. The van der Waals surface area contributed by atoms with Gasteiger partial charge >= 0.3 is 6.09 Å². The molecular weight excluding hydrogens is 305 g/mol. The van der Waals surface area contributed by atoms with E-state index in [1.54, 1.807) is 11.0 Å². The van der Waals surface area contributed by atoms with Crippen molar-refractivity contribution in [1.82, 2.24) is 4.90 Å². The summed E-state index contributed by atoms with van der Waals surface area (Å²) in [4.78, 5) is 14.0. The standard InChI is InChI=1S/C20H18FNO2/c1-12-11-22(20(23)24-2)19-17-10-15(21)8-7-14(17)9-13-5-3-4-6-16(13)18(12)19/h3-8,10,18-19H,1,9,11H2,2H3/t18?,19-/m1/s1. The number of fused-ring (bicyclic) bond motifs is 5. The number of halogens is 1. The van der Waals surface area contributed by atoms with E-state index in [1.807, 2.05) is 18.2 Å². The summed E-state index contributed by atoms with van der Waals surface area (Å²) < 4.78 is 18.9. The van der Waals surface area contributed by atoms with Crippen LogP contribution in [-0.4, -0.2) is 24.6 Å². The lowest BCUT2D eigenvalue weighted by molar-refractivity contribution is 0.117. The highest BCUT2D eigenvalue weighted by Crippen LogP contribution is 2.50. The zero-order valence-electron chi connectivity index (χ0n) is 13.5. The minimum absolute atomic E-state index is 0.0386. The van der Waals surface area contributed by atoms with Crippen LogP contribution >= 0.6 is 0 Å². The highest BCUT2D eigenvalue weighted by atomic mass is 19.1. The molecule has 1 heterocycles. The first-order valence-electron chi connectivity index (χ1n) is 7.98. The predicted molar refractivity (Wildman–Crippen MR) is 89.4 cm³/mol. The fraction of sp³-hybridized carbons (Fsp3) is 0.250. The van der Waals surface area contributed by atoms with Gasteiger partial charge in [-0.3, -0.25) is 4.90 Å². The van der Waals surface area contributed by atoms with Crippen LogP contribution in [0.2, 0.25) is 0 Å². The maximum atomic E-state index is 14.0. The molecule has 1 fully saturated rings. The van der Waals surface area contributed by atoms with Crippen LogP contribution in [0.25, 0.3) is 0 Å². The highest BCUT2D eigenvalue weighted by Gasteiger charge is 2.44. The number of ether oxygens (including phenoxy) is 1. The number of carbonyl (C=O) groups is 1. The van der Waals surface area contributed by atoms with Gasteiger partial charge in [0, 0.05) is 12.5 Å². The van der Waals surface area contributed by atoms with Gasteiger partial charge in [0.2, 0.25) is 0 Å². The van der Waals surface area contributed by atoms with Crippen molar-refractivity contribution in [2.75, 3.05) is 13.7 Å². The number of hydrogen-bond donors (Lipinski definition) is 0. The molecular formula is C20H18FNO2. The van der Waals surface area contributed by atoms with Crippen molar-refractivity contribution >= 4 is 6.09 Å². The molecule has 3 nitrogen and oxygen atoms in total. The van der Waals surface area contributed by atoms with Crippen molar-refractivity contribution in [3.05, 3.63) is 82.7 Å². The molecule has 1 amide bonds. The van der Waals surface area contributed by atoms with Gasteiger partial charge in [-0.15, -0.1) is 0 Å². The molecule has 4 rings (SSSR count). The summed E-state index contributed by atoms with van der Waals surface area (Å²) in [5.41, 5.74) is 5.20. The van der Waals surface area contributed by atoms with Gasteiger partial charge in [-0.25, -0.2) is 9.18 Å². The summed E-state index contributed by atoms with van der Waals surface area (Å²) in [6.45, 7) is 4.62. The quantitative estimate of drug-likeness (QED) is 0.680. The second-order valence-corrected chi connectivity index (χ2v) is 6.40. The molecule has 1 unspecified atom stereocenters. The second-order valence-electron chi connectivity index (χ2n) is 6.40. The van der Waals surface area contributed by atoms with Gasteiger partial charge in [-0.2, -0.15) is 0 Å². The third kappa shape index (κ3) is 2.13. The normalized spacial score (nSPS) is 21.6. The summed E-state index contributed by atoms with van der Waals surface area (Å²) in [5, 5.41) is 0. The number of carbonyl (C=O) groups excluding carboxylic acids is 1. The van der Waals surface area contributed by atoms with Crippen LogP contribution in [0.1, 0.15) is 34.2 Å². The Morgan fingerprint density at radius 3 is 2.75 bits per heavy atom. The monoisotopic (exact) mass is 323 g/mol. The van der Waals surface area contributed by atoms with E-state index < -0.39 is 6.09 Å². The molecule has 1 saturated heterocycles. The van der Waals surface area contributed by atoms with Crippen molar-refractivity contribution in [1.29, 1.82) is 0 Å². The molecule has 0 N–H and O–H groups in total. The van der Waals surface area contributed by atoms with Crippen LogP contribution in [0, 0.1) is 5.82 Å². The number of amides is 1. The molecule has 1 aliphatic heterocycles. The first-order valence-corrected chi connectivity index (χ1v) is 7.98. The molecule has 1 aliphatic carbocycles. The van der Waals surface area contributed by atoms with E-state index in [2.05, 4.69) is 18.7 Å². The molecule has 0 bridgehead atoms.